The van der Waals surface area contributed by atoms with E-state index in [2.05, 4.69) is 181 Å². The lowest BCUT2D eigenvalue weighted by atomic mass is 9.78. The standard InChI is InChI=1S/C52H36N2/c1-31(41-23-17-36-15-13-32-7-5-9-34-18-24-42(41)51(36)49(32)34)38-20-26-46-44(29-38)45-30-40(22-27-47(45)53-46)54(39-11-3-2-4-12-39)48-28-21-37-16-14-33-8-6-10-35-19-25-43(48)52(37)50(33)35/h2-6,8-14,16-31,53H,7,15H2,1H3. The Balaban J connectivity index is 1.02. The average Bonchev–Trinajstić information content (AvgIpc) is 3.60. The van der Waals surface area contributed by atoms with Gasteiger partial charge in [-0.25, -0.2) is 0 Å². The average molecular weight is 689 g/mol. The van der Waals surface area contributed by atoms with E-state index >= 15 is 0 Å². The number of aromatic amines is 1. The van der Waals surface area contributed by atoms with Crippen molar-refractivity contribution < 1.29 is 0 Å². The minimum atomic E-state index is 0.237. The first-order valence-electron chi connectivity index (χ1n) is 19.2. The maximum absolute atomic E-state index is 3.75. The van der Waals surface area contributed by atoms with Gasteiger partial charge in [0.15, 0.2) is 0 Å². The van der Waals surface area contributed by atoms with E-state index < -0.39 is 0 Å². The lowest BCUT2D eigenvalue weighted by Crippen LogP contribution is -2.10. The van der Waals surface area contributed by atoms with Crippen molar-refractivity contribution in [3.63, 3.8) is 0 Å². The number of nitrogens with one attached hydrogen (secondary N) is 1. The molecule has 54 heavy (non-hydrogen) atoms. The Morgan fingerprint density at radius 1 is 0.556 bits per heavy atom. The van der Waals surface area contributed by atoms with E-state index in [4.69, 9.17) is 0 Å². The van der Waals surface area contributed by atoms with Crippen LogP contribution in [0, 0.1) is 0 Å². The number of hydrogen-bond donors (Lipinski definition) is 1. The van der Waals surface area contributed by atoms with Crippen LogP contribution in [0.2, 0.25) is 0 Å². The molecule has 0 bridgehead atoms. The van der Waals surface area contributed by atoms with Crippen LogP contribution in [0.15, 0.2) is 158 Å². The number of allylic oxidation sites excluding steroid dienone is 3. The Labute approximate surface area is 313 Å². The Morgan fingerprint density at radius 2 is 1.31 bits per heavy atom. The van der Waals surface area contributed by atoms with Gasteiger partial charge in [0.25, 0.3) is 0 Å². The number of nitrogens with zero attached hydrogens (tertiary/aromatic N) is 1. The predicted octanol–water partition coefficient (Wildman–Crippen LogP) is 14.3. The van der Waals surface area contributed by atoms with Gasteiger partial charge in [-0.05, 0) is 132 Å². The summed E-state index contributed by atoms with van der Waals surface area (Å²) in [6.07, 6.45) is 9.10. The van der Waals surface area contributed by atoms with Crippen molar-refractivity contribution in [3.8, 4) is 0 Å². The largest absolute Gasteiger partial charge is 0.355 e. The summed E-state index contributed by atoms with van der Waals surface area (Å²) in [4.78, 5) is 6.18. The summed E-state index contributed by atoms with van der Waals surface area (Å²) in [7, 11) is 0. The predicted molar refractivity (Wildman–Crippen MR) is 231 cm³/mol. The number of aromatic nitrogens is 1. The van der Waals surface area contributed by atoms with Crippen LogP contribution in [0.4, 0.5) is 17.1 Å². The van der Waals surface area contributed by atoms with Crippen LogP contribution in [0.5, 0.6) is 0 Å². The third kappa shape index (κ3) is 4.22. The van der Waals surface area contributed by atoms with Gasteiger partial charge in [0, 0.05) is 44.5 Å². The first-order valence-corrected chi connectivity index (χ1v) is 19.2. The fraction of sp³-hybridized carbons (Fsp3) is 0.0769. The van der Waals surface area contributed by atoms with Gasteiger partial charge in [-0.1, -0.05) is 122 Å². The second-order valence-corrected chi connectivity index (χ2v) is 15.3. The molecule has 0 saturated carbocycles. The summed E-state index contributed by atoms with van der Waals surface area (Å²) in [5.74, 6) is 0.237. The van der Waals surface area contributed by atoms with Crippen molar-refractivity contribution >= 4 is 93.6 Å². The highest BCUT2D eigenvalue weighted by Crippen LogP contribution is 2.46. The van der Waals surface area contributed by atoms with Crippen molar-refractivity contribution in [3.05, 3.63) is 186 Å². The molecule has 12 rings (SSSR count). The Kier molecular flexibility index (Phi) is 6.19. The van der Waals surface area contributed by atoms with Crippen LogP contribution in [0.1, 0.15) is 47.1 Å². The molecule has 0 amide bonds. The molecule has 1 aromatic heterocycles. The van der Waals surface area contributed by atoms with E-state index in [0.717, 1.165) is 35.2 Å². The van der Waals surface area contributed by atoms with E-state index in [-0.39, 0.29) is 5.92 Å². The minimum Gasteiger partial charge on any atom is -0.355 e. The van der Waals surface area contributed by atoms with Crippen molar-refractivity contribution in [1.82, 2.24) is 4.98 Å². The molecule has 10 aromatic rings. The number of para-hydroxylation sites is 1. The number of rotatable bonds is 5. The van der Waals surface area contributed by atoms with Gasteiger partial charge in [-0.2, -0.15) is 0 Å². The van der Waals surface area contributed by atoms with Gasteiger partial charge in [0.05, 0.1) is 5.69 Å². The molecule has 0 saturated heterocycles. The topological polar surface area (TPSA) is 19.0 Å². The summed E-state index contributed by atoms with van der Waals surface area (Å²) < 4.78 is 0. The molecule has 2 nitrogen and oxygen atoms in total. The molecule has 1 heterocycles. The third-order valence-corrected chi connectivity index (χ3v) is 12.5. The summed E-state index contributed by atoms with van der Waals surface area (Å²) >= 11 is 0. The molecule has 1 atom stereocenters. The second kappa shape index (κ2) is 11.2. The van der Waals surface area contributed by atoms with Crippen LogP contribution < -0.4 is 4.90 Å². The molecule has 0 aliphatic heterocycles. The SMILES string of the molecule is CC(c1ccc2[nH]c3ccc(N(c4ccccc4)c4ccc5ccc6cccc7ccc4c5c67)cc3c2c1)c1ccc2c3c4c(ccc13)C=CCC4=CC2. The van der Waals surface area contributed by atoms with E-state index in [1.165, 1.54) is 92.9 Å². The number of hydrogen-bond acceptors (Lipinski definition) is 1. The number of anilines is 3. The van der Waals surface area contributed by atoms with E-state index in [1.54, 1.807) is 0 Å². The lowest BCUT2D eigenvalue weighted by molar-refractivity contribution is 0.934. The van der Waals surface area contributed by atoms with Crippen molar-refractivity contribution in [2.45, 2.75) is 25.7 Å². The number of fused-ring (bicyclic) bond motifs is 3. The number of H-pyrrole nitrogens is 1. The van der Waals surface area contributed by atoms with Crippen LogP contribution in [-0.2, 0) is 6.42 Å². The van der Waals surface area contributed by atoms with Crippen molar-refractivity contribution in [2.75, 3.05) is 4.90 Å². The van der Waals surface area contributed by atoms with Crippen LogP contribution in [-0.4, -0.2) is 4.98 Å². The lowest BCUT2D eigenvalue weighted by Gasteiger charge is -2.28. The second-order valence-electron chi connectivity index (χ2n) is 15.3. The molecule has 1 unspecified atom stereocenters. The highest BCUT2D eigenvalue weighted by atomic mass is 15.1. The maximum atomic E-state index is 3.75. The quantitative estimate of drug-likeness (QED) is 0.178. The first-order chi connectivity index (χ1) is 26.7. The maximum Gasteiger partial charge on any atom is 0.0540 e. The summed E-state index contributed by atoms with van der Waals surface area (Å²) in [6, 6.07) is 54.6. The summed E-state index contributed by atoms with van der Waals surface area (Å²) in [5.41, 5.74) is 14.3. The molecule has 0 spiro atoms. The Hall–Kier alpha value is -6.64. The summed E-state index contributed by atoms with van der Waals surface area (Å²) in [5, 5.41) is 13.1. The molecule has 254 valence electrons. The molecule has 2 aliphatic rings. The van der Waals surface area contributed by atoms with E-state index in [0.29, 0.717) is 0 Å². The normalized spacial score (nSPS) is 14.2. The van der Waals surface area contributed by atoms with Crippen LogP contribution >= 0.6 is 0 Å². The Morgan fingerprint density at radius 3 is 2.19 bits per heavy atom. The highest BCUT2D eigenvalue weighted by molar-refractivity contribution is 6.26. The fourth-order valence-electron chi connectivity index (χ4n) is 9.83. The van der Waals surface area contributed by atoms with Gasteiger partial charge in [0.2, 0.25) is 0 Å². The van der Waals surface area contributed by atoms with Crippen molar-refractivity contribution in [2.24, 2.45) is 0 Å². The molecule has 0 fully saturated rings. The van der Waals surface area contributed by atoms with E-state index in [1.807, 2.05) is 0 Å². The smallest absolute Gasteiger partial charge is 0.0540 e. The Bertz CT molecular complexity index is 3220. The molecule has 2 heteroatoms. The molecule has 0 radical (unpaired) electrons. The van der Waals surface area contributed by atoms with Gasteiger partial charge < -0.3 is 9.88 Å². The van der Waals surface area contributed by atoms with Crippen molar-refractivity contribution in [1.29, 1.82) is 0 Å². The zero-order chi connectivity index (χ0) is 35.5. The minimum absolute atomic E-state index is 0.237. The van der Waals surface area contributed by atoms with Gasteiger partial charge in [0.1, 0.15) is 0 Å². The van der Waals surface area contributed by atoms with Gasteiger partial charge in [-0.15, -0.1) is 0 Å². The zero-order valence-electron chi connectivity index (χ0n) is 30.0. The molecular weight excluding hydrogens is 653 g/mol. The molecule has 9 aromatic carbocycles. The van der Waals surface area contributed by atoms with Crippen LogP contribution in [0.25, 0.3) is 76.5 Å². The fourth-order valence-corrected chi connectivity index (χ4v) is 9.83. The summed E-state index contributed by atoms with van der Waals surface area (Å²) in [6.45, 7) is 2.38. The van der Waals surface area contributed by atoms with Gasteiger partial charge >= 0.3 is 0 Å². The molecular formula is C52H36N2. The molecule has 1 N–H and O–H groups in total. The highest BCUT2D eigenvalue weighted by Gasteiger charge is 2.24. The first kappa shape index (κ1) is 29.9. The third-order valence-electron chi connectivity index (χ3n) is 12.5. The molecule has 2 aliphatic carbocycles. The van der Waals surface area contributed by atoms with Crippen LogP contribution in [0.3, 0.4) is 0 Å². The monoisotopic (exact) mass is 688 g/mol. The zero-order valence-corrected chi connectivity index (χ0v) is 30.0. The number of benzene rings is 9. The van der Waals surface area contributed by atoms with Gasteiger partial charge in [-0.3, -0.25) is 0 Å². The van der Waals surface area contributed by atoms with E-state index in [9.17, 15) is 0 Å².